The fraction of sp³-hybridized carbons (Fsp3) is 1.00. The first-order valence-corrected chi connectivity index (χ1v) is 3.17. The van der Waals surface area contributed by atoms with Crippen molar-refractivity contribution in [2.24, 2.45) is 0 Å². The summed E-state index contributed by atoms with van der Waals surface area (Å²) in [7, 11) is -1.22. The summed E-state index contributed by atoms with van der Waals surface area (Å²) in [5.74, 6) is 0. The van der Waals surface area contributed by atoms with E-state index in [1.54, 1.807) is 6.92 Å². The van der Waals surface area contributed by atoms with Gasteiger partial charge in [-0.3, -0.25) is 0 Å². The molecule has 3 nitrogen and oxygen atoms in total. The minimum atomic E-state index is -1.22. The van der Waals surface area contributed by atoms with Crippen LogP contribution in [0.2, 0.25) is 6.32 Å². The summed E-state index contributed by atoms with van der Waals surface area (Å²) in [5.41, 5.74) is 0. The molecule has 0 fully saturated rings. The van der Waals surface area contributed by atoms with E-state index in [-0.39, 0.29) is 6.10 Å². The van der Waals surface area contributed by atoms with Crippen LogP contribution >= 0.6 is 0 Å². The zero-order valence-electron chi connectivity index (χ0n) is 5.62. The lowest BCUT2D eigenvalue weighted by Crippen LogP contribution is -2.11. The molecule has 0 aliphatic carbocycles. The van der Waals surface area contributed by atoms with Crippen LogP contribution in [0.4, 0.5) is 0 Å². The number of hydrogen-bond acceptors (Lipinski definition) is 3. The Morgan fingerprint density at radius 1 is 1.44 bits per heavy atom. The molecular formula is C5H13BO3. The Kier molecular flexibility index (Phi) is 4.76. The summed E-state index contributed by atoms with van der Waals surface area (Å²) in [6.07, 6.45) is 1.32. The van der Waals surface area contributed by atoms with E-state index in [2.05, 4.69) is 0 Å². The van der Waals surface area contributed by atoms with Crippen LogP contribution in [0.3, 0.4) is 0 Å². The Labute approximate surface area is 55.5 Å². The largest absolute Gasteiger partial charge is 0.451 e. The van der Waals surface area contributed by atoms with Crippen LogP contribution in [0.15, 0.2) is 0 Å². The van der Waals surface area contributed by atoms with Crippen molar-refractivity contribution < 1.29 is 15.2 Å². The van der Waals surface area contributed by atoms with Gasteiger partial charge in [-0.25, -0.2) is 0 Å². The Balaban J connectivity index is 2.91. The van der Waals surface area contributed by atoms with Crippen molar-refractivity contribution >= 4 is 7.12 Å². The van der Waals surface area contributed by atoms with Gasteiger partial charge in [-0.05, 0) is 19.7 Å². The van der Waals surface area contributed by atoms with Gasteiger partial charge in [0.1, 0.15) is 0 Å². The molecular weight excluding hydrogens is 119 g/mol. The van der Waals surface area contributed by atoms with Crippen LogP contribution in [0, 0.1) is 0 Å². The van der Waals surface area contributed by atoms with Crippen molar-refractivity contribution in [3.63, 3.8) is 0 Å². The van der Waals surface area contributed by atoms with Gasteiger partial charge in [0.05, 0.1) is 6.10 Å². The molecule has 0 saturated heterocycles. The lowest BCUT2D eigenvalue weighted by molar-refractivity contribution is 0.182. The van der Waals surface area contributed by atoms with E-state index in [1.807, 2.05) is 0 Å². The fourth-order valence-corrected chi connectivity index (χ4v) is 0.596. The van der Waals surface area contributed by atoms with E-state index in [1.165, 1.54) is 0 Å². The van der Waals surface area contributed by atoms with Gasteiger partial charge in [-0.1, -0.05) is 6.42 Å². The van der Waals surface area contributed by atoms with Crippen molar-refractivity contribution in [3.8, 4) is 0 Å². The molecule has 0 aromatic heterocycles. The van der Waals surface area contributed by atoms with Gasteiger partial charge in [-0.15, -0.1) is 0 Å². The first kappa shape index (κ1) is 8.94. The molecule has 0 bridgehead atoms. The minimum Gasteiger partial charge on any atom is -0.427 e. The molecule has 0 aromatic rings. The number of rotatable bonds is 4. The van der Waals surface area contributed by atoms with Crippen molar-refractivity contribution in [1.82, 2.24) is 0 Å². The molecule has 0 spiro atoms. The first-order valence-electron chi connectivity index (χ1n) is 3.17. The third-order valence-corrected chi connectivity index (χ3v) is 1.08. The summed E-state index contributed by atoms with van der Waals surface area (Å²) >= 11 is 0. The van der Waals surface area contributed by atoms with Crippen LogP contribution in [0.5, 0.6) is 0 Å². The second-order valence-electron chi connectivity index (χ2n) is 2.26. The van der Waals surface area contributed by atoms with Gasteiger partial charge < -0.3 is 15.2 Å². The molecule has 3 N–H and O–H groups in total. The average molecular weight is 132 g/mol. The zero-order valence-corrected chi connectivity index (χ0v) is 5.62. The van der Waals surface area contributed by atoms with Crippen molar-refractivity contribution in [2.75, 3.05) is 0 Å². The standard InChI is InChI=1S/C5H13BO3/c1-5(7)3-2-4-6(8)9/h5,7-9H,2-4H2,1H3. The Morgan fingerprint density at radius 3 is 2.33 bits per heavy atom. The maximum absolute atomic E-state index is 8.70. The van der Waals surface area contributed by atoms with Gasteiger partial charge in [-0.2, -0.15) is 0 Å². The third kappa shape index (κ3) is 7.94. The van der Waals surface area contributed by atoms with Crippen LogP contribution in [-0.4, -0.2) is 28.4 Å². The topological polar surface area (TPSA) is 60.7 Å². The van der Waals surface area contributed by atoms with Gasteiger partial charge in [0.25, 0.3) is 0 Å². The molecule has 54 valence electrons. The second-order valence-corrected chi connectivity index (χ2v) is 2.26. The molecule has 0 aliphatic rings. The molecule has 1 unspecified atom stereocenters. The zero-order chi connectivity index (χ0) is 7.28. The van der Waals surface area contributed by atoms with E-state index in [9.17, 15) is 0 Å². The van der Waals surface area contributed by atoms with Gasteiger partial charge in [0.2, 0.25) is 0 Å². The van der Waals surface area contributed by atoms with E-state index in [4.69, 9.17) is 15.2 Å². The summed E-state index contributed by atoms with van der Waals surface area (Å²) in [4.78, 5) is 0. The minimum absolute atomic E-state index is 0.330. The number of hydrogen-bond donors (Lipinski definition) is 3. The van der Waals surface area contributed by atoms with Gasteiger partial charge >= 0.3 is 7.12 Å². The van der Waals surface area contributed by atoms with Crippen molar-refractivity contribution in [3.05, 3.63) is 0 Å². The maximum atomic E-state index is 8.70. The molecule has 0 heterocycles. The highest BCUT2D eigenvalue weighted by molar-refractivity contribution is 6.40. The summed E-state index contributed by atoms with van der Waals surface area (Å²) in [6.45, 7) is 1.68. The van der Waals surface area contributed by atoms with Crippen LogP contribution < -0.4 is 0 Å². The molecule has 0 saturated carbocycles. The number of aliphatic hydroxyl groups excluding tert-OH is 1. The Hall–Kier alpha value is -0.0551. The summed E-state index contributed by atoms with van der Waals surface area (Å²) in [5, 5.41) is 25.4. The molecule has 9 heavy (non-hydrogen) atoms. The lowest BCUT2D eigenvalue weighted by Gasteiger charge is -2.01. The quantitative estimate of drug-likeness (QED) is 0.457. The highest BCUT2D eigenvalue weighted by atomic mass is 16.4. The van der Waals surface area contributed by atoms with Crippen LogP contribution in [-0.2, 0) is 0 Å². The molecule has 0 aromatic carbocycles. The molecule has 0 rings (SSSR count). The maximum Gasteiger partial charge on any atom is 0.451 e. The first-order chi connectivity index (χ1) is 4.13. The molecule has 4 heteroatoms. The van der Waals surface area contributed by atoms with Gasteiger partial charge in [0.15, 0.2) is 0 Å². The molecule has 0 amide bonds. The molecule has 0 aliphatic heterocycles. The van der Waals surface area contributed by atoms with E-state index < -0.39 is 7.12 Å². The fourth-order valence-electron chi connectivity index (χ4n) is 0.596. The van der Waals surface area contributed by atoms with Crippen LogP contribution in [0.1, 0.15) is 19.8 Å². The smallest absolute Gasteiger partial charge is 0.427 e. The SMILES string of the molecule is CC(O)CCCB(O)O. The van der Waals surface area contributed by atoms with Crippen molar-refractivity contribution in [1.29, 1.82) is 0 Å². The van der Waals surface area contributed by atoms with Crippen molar-refractivity contribution in [2.45, 2.75) is 32.2 Å². The third-order valence-electron chi connectivity index (χ3n) is 1.08. The number of aliphatic hydroxyl groups is 1. The predicted octanol–water partition coefficient (Wildman–Crippen LogP) is -0.380. The molecule has 0 radical (unpaired) electrons. The predicted molar refractivity (Wildman–Crippen MR) is 35.9 cm³/mol. The van der Waals surface area contributed by atoms with E-state index in [0.29, 0.717) is 19.2 Å². The summed E-state index contributed by atoms with van der Waals surface area (Å²) in [6, 6.07) is 0. The van der Waals surface area contributed by atoms with E-state index in [0.717, 1.165) is 0 Å². The van der Waals surface area contributed by atoms with Gasteiger partial charge in [0, 0.05) is 0 Å². The van der Waals surface area contributed by atoms with E-state index >= 15 is 0 Å². The Morgan fingerprint density at radius 2 is 2.00 bits per heavy atom. The van der Waals surface area contributed by atoms with Crippen LogP contribution in [0.25, 0.3) is 0 Å². The highest BCUT2D eigenvalue weighted by Gasteiger charge is 2.05. The molecule has 1 atom stereocenters. The average Bonchev–Trinajstić information content (AvgIpc) is 1.63. The monoisotopic (exact) mass is 132 g/mol. The highest BCUT2D eigenvalue weighted by Crippen LogP contribution is 2.00. The summed E-state index contributed by atoms with van der Waals surface area (Å²) < 4.78 is 0. The Bertz CT molecular complexity index is 57.2. The second kappa shape index (κ2) is 4.79. The normalized spacial score (nSPS) is 13.3. The lowest BCUT2D eigenvalue weighted by atomic mass is 9.83.